The summed E-state index contributed by atoms with van der Waals surface area (Å²) < 4.78 is 2.05. The summed E-state index contributed by atoms with van der Waals surface area (Å²) in [6, 6.07) is 21.4. The Balaban J connectivity index is 1.65. The van der Waals surface area contributed by atoms with E-state index in [0.717, 1.165) is 28.9 Å². The van der Waals surface area contributed by atoms with Gasteiger partial charge in [-0.05, 0) is 42.8 Å². The lowest BCUT2D eigenvalue weighted by atomic mass is 10.3. The molecule has 0 saturated carbocycles. The monoisotopic (exact) mass is 388 g/mol. The number of hydrogen-bond donors (Lipinski definition) is 1. The van der Waals surface area contributed by atoms with Crippen molar-refractivity contribution in [3.8, 4) is 0 Å². The lowest BCUT2D eigenvalue weighted by molar-refractivity contribution is 0.102. The van der Waals surface area contributed by atoms with Gasteiger partial charge in [-0.15, -0.1) is 0 Å². The predicted molar refractivity (Wildman–Crippen MR) is 113 cm³/mol. The first-order chi connectivity index (χ1) is 13.8. The summed E-state index contributed by atoms with van der Waals surface area (Å²) in [6.45, 7) is 2.89. The molecule has 2 aromatic carbocycles. The number of benzene rings is 2. The Morgan fingerprint density at radius 3 is 2.64 bits per heavy atom. The van der Waals surface area contributed by atoms with Crippen LogP contribution in [0, 0.1) is 0 Å². The van der Waals surface area contributed by atoms with Gasteiger partial charge in [-0.2, -0.15) is 0 Å². The zero-order valence-corrected chi connectivity index (χ0v) is 16.3. The molecule has 0 atom stereocenters. The third kappa shape index (κ3) is 3.77. The van der Waals surface area contributed by atoms with E-state index in [9.17, 15) is 4.79 Å². The van der Waals surface area contributed by atoms with E-state index in [2.05, 4.69) is 22.2 Å². The zero-order valence-electron chi connectivity index (χ0n) is 15.5. The number of rotatable bonds is 6. The maximum Gasteiger partial charge on any atom is 0.260 e. The van der Waals surface area contributed by atoms with Crippen LogP contribution in [0.2, 0.25) is 0 Å². The lowest BCUT2D eigenvalue weighted by Gasteiger charge is -2.11. The molecule has 0 fully saturated rings. The maximum atomic E-state index is 13.0. The van der Waals surface area contributed by atoms with Gasteiger partial charge in [0.25, 0.3) is 5.91 Å². The van der Waals surface area contributed by atoms with Gasteiger partial charge in [-0.25, -0.2) is 9.97 Å². The number of aromatic nitrogens is 3. The van der Waals surface area contributed by atoms with Gasteiger partial charge in [-0.1, -0.05) is 49.0 Å². The van der Waals surface area contributed by atoms with Crippen molar-refractivity contribution in [3.05, 3.63) is 78.5 Å². The molecule has 0 saturated heterocycles. The van der Waals surface area contributed by atoms with Gasteiger partial charge in [-0.3, -0.25) is 10.1 Å². The summed E-state index contributed by atoms with van der Waals surface area (Å²) in [5.41, 5.74) is 2.42. The number of carbonyl (C=O) groups excluding carboxylic acids is 1. The largest absolute Gasteiger partial charge is 0.310 e. The summed E-state index contributed by atoms with van der Waals surface area (Å²) in [7, 11) is 0. The van der Waals surface area contributed by atoms with Crippen LogP contribution in [0.25, 0.3) is 11.0 Å². The Labute approximate surface area is 167 Å². The number of nitrogens with zero attached hydrogens (tertiary/aromatic N) is 3. The highest BCUT2D eigenvalue weighted by molar-refractivity contribution is 7.99. The third-order valence-corrected chi connectivity index (χ3v) is 5.33. The van der Waals surface area contributed by atoms with Gasteiger partial charge in [0.15, 0.2) is 0 Å². The SMILES string of the molecule is CCCn1c(NC(=O)c2cccnc2Sc2ccccc2)nc2ccccc21. The Bertz CT molecular complexity index is 1110. The fourth-order valence-corrected chi connectivity index (χ4v) is 3.94. The van der Waals surface area contributed by atoms with Crippen molar-refractivity contribution >= 4 is 34.7 Å². The normalized spacial score (nSPS) is 10.9. The molecule has 0 bridgehead atoms. The van der Waals surface area contributed by atoms with Crippen molar-refractivity contribution < 1.29 is 4.79 Å². The molecule has 0 unspecified atom stereocenters. The molecule has 5 nitrogen and oxygen atoms in total. The number of anilines is 1. The second kappa shape index (κ2) is 8.27. The van der Waals surface area contributed by atoms with Crippen molar-refractivity contribution in [2.75, 3.05) is 5.32 Å². The van der Waals surface area contributed by atoms with Gasteiger partial charge in [0.05, 0.1) is 16.6 Å². The average Bonchev–Trinajstić information content (AvgIpc) is 3.06. The standard InChI is InChI=1S/C22H20N4OS/c1-2-15-26-19-13-7-6-12-18(19)24-22(26)25-20(27)17-11-8-14-23-21(17)28-16-9-4-3-5-10-16/h3-14H,2,15H2,1H3,(H,24,25,27). The summed E-state index contributed by atoms with van der Waals surface area (Å²) in [5.74, 6) is 0.353. The number of hydrogen-bond acceptors (Lipinski definition) is 4. The van der Waals surface area contributed by atoms with Crippen LogP contribution in [0.4, 0.5) is 5.95 Å². The quantitative estimate of drug-likeness (QED) is 0.490. The van der Waals surface area contributed by atoms with E-state index in [1.54, 1.807) is 18.3 Å². The predicted octanol–water partition coefficient (Wildman–Crippen LogP) is 5.24. The van der Waals surface area contributed by atoms with E-state index >= 15 is 0 Å². The first kappa shape index (κ1) is 18.3. The highest BCUT2D eigenvalue weighted by Gasteiger charge is 2.17. The van der Waals surface area contributed by atoms with Crippen LogP contribution in [0.1, 0.15) is 23.7 Å². The number of aryl methyl sites for hydroxylation is 1. The molecule has 0 aliphatic carbocycles. The van der Waals surface area contributed by atoms with Crippen molar-refractivity contribution in [3.63, 3.8) is 0 Å². The smallest absolute Gasteiger partial charge is 0.260 e. The van der Waals surface area contributed by atoms with Gasteiger partial charge in [0.2, 0.25) is 5.95 Å². The number of para-hydroxylation sites is 2. The van der Waals surface area contributed by atoms with Crippen LogP contribution < -0.4 is 5.32 Å². The van der Waals surface area contributed by atoms with E-state index in [-0.39, 0.29) is 5.91 Å². The Hall–Kier alpha value is -3.12. The van der Waals surface area contributed by atoms with Crippen LogP contribution in [-0.4, -0.2) is 20.4 Å². The molecule has 4 rings (SSSR count). The van der Waals surface area contributed by atoms with Crippen LogP contribution in [0.3, 0.4) is 0 Å². The minimum absolute atomic E-state index is 0.209. The molecule has 2 aromatic heterocycles. The van der Waals surface area contributed by atoms with Crippen molar-refractivity contribution in [2.45, 2.75) is 29.8 Å². The Morgan fingerprint density at radius 2 is 1.82 bits per heavy atom. The fourth-order valence-electron chi connectivity index (χ4n) is 3.03. The molecule has 4 aromatic rings. The highest BCUT2D eigenvalue weighted by atomic mass is 32.2. The third-order valence-electron chi connectivity index (χ3n) is 4.30. The molecule has 0 aliphatic rings. The minimum atomic E-state index is -0.209. The number of nitrogens with one attached hydrogen (secondary N) is 1. The molecular formula is C22H20N4OS. The summed E-state index contributed by atoms with van der Waals surface area (Å²) in [4.78, 5) is 23.1. The molecule has 6 heteroatoms. The maximum absolute atomic E-state index is 13.0. The molecule has 1 N–H and O–H groups in total. The van der Waals surface area contributed by atoms with E-state index in [1.165, 1.54) is 11.8 Å². The average molecular weight is 388 g/mol. The summed E-state index contributed by atoms with van der Waals surface area (Å²) in [5, 5.41) is 3.66. The van der Waals surface area contributed by atoms with E-state index in [4.69, 9.17) is 0 Å². The number of imidazole rings is 1. The fraction of sp³-hybridized carbons (Fsp3) is 0.136. The summed E-state index contributed by atoms with van der Waals surface area (Å²) in [6.07, 6.45) is 2.65. The number of fused-ring (bicyclic) bond motifs is 1. The van der Waals surface area contributed by atoms with Gasteiger partial charge < -0.3 is 4.57 Å². The molecular weight excluding hydrogens is 368 g/mol. The first-order valence-corrected chi connectivity index (χ1v) is 10.0. The lowest BCUT2D eigenvalue weighted by Crippen LogP contribution is -2.17. The highest BCUT2D eigenvalue weighted by Crippen LogP contribution is 2.29. The number of carbonyl (C=O) groups is 1. The number of pyridine rings is 1. The van der Waals surface area contributed by atoms with Crippen molar-refractivity contribution in [1.29, 1.82) is 0 Å². The van der Waals surface area contributed by atoms with E-state index < -0.39 is 0 Å². The minimum Gasteiger partial charge on any atom is -0.310 e. The van der Waals surface area contributed by atoms with Crippen LogP contribution in [0.5, 0.6) is 0 Å². The van der Waals surface area contributed by atoms with Crippen molar-refractivity contribution in [1.82, 2.24) is 14.5 Å². The molecule has 28 heavy (non-hydrogen) atoms. The number of amides is 1. The second-order valence-corrected chi connectivity index (χ2v) is 7.36. The van der Waals surface area contributed by atoms with Crippen LogP contribution >= 0.6 is 11.8 Å². The Morgan fingerprint density at radius 1 is 1.04 bits per heavy atom. The van der Waals surface area contributed by atoms with Gasteiger partial charge >= 0.3 is 0 Å². The molecule has 1 amide bonds. The van der Waals surface area contributed by atoms with E-state index in [0.29, 0.717) is 16.5 Å². The molecule has 0 aliphatic heterocycles. The molecule has 140 valence electrons. The van der Waals surface area contributed by atoms with Crippen LogP contribution in [0.15, 0.2) is 82.8 Å². The Kier molecular flexibility index (Phi) is 5.39. The van der Waals surface area contributed by atoms with Crippen LogP contribution in [-0.2, 0) is 6.54 Å². The summed E-state index contributed by atoms with van der Waals surface area (Å²) >= 11 is 1.47. The molecule has 2 heterocycles. The zero-order chi connectivity index (χ0) is 19.3. The van der Waals surface area contributed by atoms with E-state index in [1.807, 2.05) is 59.2 Å². The molecule has 0 spiro atoms. The first-order valence-electron chi connectivity index (χ1n) is 9.21. The van der Waals surface area contributed by atoms with Crippen molar-refractivity contribution in [2.24, 2.45) is 0 Å². The topological polar surface area (TPSA) is 59.8 Å². The van der Waals surface area contributed by atoms with Gasteiger partial charge in [0.1, 0.15) is 5.03 Å². The second-order valence-electron chi connectivity index (χ2n) is 6.30. The van der Waals surface area contributed by atoms with Gasteiger partial charge in [0, 0.05) is 17.6 Å². The molecule has 0 radical (unpaired) electrons.